The van der Waals surface area contributed by atoms with Gasteiger partial charge in [-0.05, 0) is 76.1 Å². The number of anilines is 1. The van der Waals surface area contributed by atoms with Gasteiger partial charge in [0.2, 0.25) is 0 Å². The number of pyridine rings is 1. The summed E-state index contributed by atoms with van der Waals surface area (Å²) >= 11 is 1.21. The minimum atomic E-state index is -4.25. The highest BCUT2D eigenvalue weighted by Gasteiger charge is 2.63. The summed E-state index contributed by atoms with van der Waals surface area (Å²) in [6.45, 7) is 8.73. The van der Waals surface area contributed by atoms with Crippen molar-refractivity contribution in [2.75, 3.05) is 18.1 Å². The van der Waals surface area contributed by atoms with Crippen LogP contribution in [0.1, 0.15) is 61.8 Å². The van der Waals surface area contributed by atoms with E-state index in [1.54, 1.807) is 40.0 Å². The van der Waals surface area contributed by atoms with E-state index in [-0.39, 0.29) is 37.5 Å². The van der Waals surface area contributed by atoms with Crippen LogP contribution in [-0.2, 0) is 18.4 Å². The zero-order valence-corrected chi connectivity index (χ0v) is 24.1. The quantitative estimate of drug-likeness (QED) is 0.349. The Labute approximate surface area is 235 Å². The monoisotopic (exact) mass is 577 g/mol. The molecule has 2 fully saturated rings. The smallest absolute Gasteiger partial charge is 0.374 e. The molecule has 0 bridgehead atoms. The van der Waals surface area contributed by atoms with Gasteiger partial charge in [0, 0.05) is 25.3 Å². The summed E-state index contributed by atoms with van der Waals surface area (Å²) in [7, 11) is 1.84. The molecule has 2 aliphatic rings. The zero-order chi connectivity index (χ0) is 28.9. The summed E-state index contributed by atoms with van der Waals surface area (Å²) in [4.78, 5) is 21.3. The molecule has 9 nitrogen and oxygen atoms in total. The maximum atomic E-state index is 13.4. The molecule has 1 amide bonds. The fraction of sp³-hybridized carbons (Fsp3) is 0.556. The second kappa shape index (κ2) is 10.4. The Morgan fingerprint density at radius 3 is 2.60 bits per heavy atom. The topological polar surface area (TPSA) is 90.1 Å². The summed E-state index contributed by atoms with van der Waals surface area (Å²) in [5, 5.41) is 8.70. The van der Waals surface area contributed by atoms with Crippen LogP contribution in [0.4, 0.5) is 19.0 Å². The lowest BCUT2D eigenvalue weighted by Crippen LogP contribution is -2.40. The number of nitrogens with one attached hydrogen (secondary N) is 1. The Balaban J connectivity index is 1.36. The van der Waals surface area contributed by atoms with Gasteiger partial charge in [-0.15, -0.1) is 0 Å². The molecule has 40 heavy (non-hydrogen) atoms. The van der Waals surface area contributed by atoms with Gasteiger partial charge in [0.15, 0.2) is 5.82 Å². The highest BCUT2D eigenvalue weighted by atomic mass is 32.2. The van der Waals surface area contributed by atoms with Crippen LogP contribution in [0.15, 0.2) is 35.5 Å². The van der Waals surface area contributed by atoms with Gasteiger partial charge < -0.3 is 9.64 Å². The molecule has 1 unspecified atom stereocenters. The number of halogens is 3. The van der Waals surface area contributed by atoms with E-state index < -0.39 is 11.6 Å². The van der Waals surface area contributed by atoms with E-state index in [0.29, 0.717) is 28.8 Å². The number of aryl methyl sites for hydroxylation is 1. The highest BCUT2D eigenvalue weighted by Crippen LogP contribution is 2.57. The number of amides is 1. The maximum absolute atomic E-state index is 13.4. The molecule has 1 aliphatic carbocycles. The van der Waals surface area contributed by atoms with Crippen LogP contribution in [-0.4, -0.2) is 55.3 Å². The summed E-state index contributed by atoms with van der Waals surface area (Å²) in [5.74, 6) is 1.20. The van der Waals surface area contributed by atoms with Gasteiger partial charge in [-0.1, -0.05) is 6.92 Å². The Morgan fingerprint density at radius 2 is 2.00 bits per heavy atom. The molecule has 4 heterocycles. The van der Waals surface area contributed by atoms with Gasteiger partial charge in [0.05, 0.1) is 46.7 Å². The van der Waals surface area contributed by atoms with Crippen molar-refractivity contribution in [3.8, 4) is 5.82 Å². The van der Waals surface area contributed by atoms with E-state index in [1.165, 1.54) is 11.9 Å². The molecule has 3 aromatic heterocycles. The number of ether oxygens (including phenoxy) is 1. The van der Waals surface area contributed by atoms with Crippen LogP contribution in [0.5, 0.6) is 0 Å². The molecular formula is C27H34F3N7O2S. The molecule has 13 heteroatoms. The molecule has 1 aliphatic heterocycles. The Hall–Kier alpha value is -3.06. The first-order valence-corrected chi connectivity index (χ1v) is 14.1. The maximum Gasteiger partial charge on any atom is 0.396 e. The van der Waals surface area contributed by atoms with E-state index in [2.05, 4.69) is 40.6 Å². The van der Waals surface area contributed by atoms with E-state index in [4.69, 9.17) is 9.72 Å². The SMILES string of the molecule is Cc1c(SNC(=O)c2ccc(-n3ccc(COCC4(C(F)(F)F)CC4)n3)nc2N2CC(C)CC2(C)C)cnn1C. The van der Waals surface area contributed by atoms with Crippen molar-refractivity contribution >= 4 is 23.7 Å². The third kappa shape index (κ3) is 5.58. The molecule has 1 atom stereocenters. The summed E-state index contributed by atoms with van der Waals surface area (Å²) in [6, 6.07) is 5.15. The largest absolute Gasteiger partial charge is 0.396 e. The van der Waals surface area contributed by atoms with Gasteiger partial charge in [-0.3, -0.25) is 14.2 Å². The second-order valence-corrected chi connectivity index (χ2v) is 12.4. The zero-order valence-electron chi connectivity index (χ0n) is 23.2. The summed E-state index contributed by atoms with van der Waals surface area (Å²) in [6.07, 6.45) is 0.302. The lowest BCUT2D eigenvalue weighted by Gasteiger charge is -2.34. The third-order valence-corrected chi connectivity index (χ3v) is 8.75. The average molecular weight is 578 g/mol. The van der Waals surface area contributed by atoms with Crippen molar-refractivity contribution in [1.82, 2.24) is 29.3 Å². The molecule has 1 saturated carbocycles. The number of rotatable bonds is 9. The number of carbonyl (C=O) groups is 1. The Bertz CT molecular complexity index is 1400. The number of aromatic nitrogens is 5. The van der Waals surface area contributed by atoms with Crippen LogP contribution in [0, 0.1) is 18.3 Å². The summed E-state index contributed by atoms with van der Waals surface area (Å²) < 4.78 is 51.2. The summed E-state index contributed by atoms with van der Waals surface area (Å²) in [5.41, 5.74) is -0.0411. The van der Waals surface area contributed by atoms with Crippen LogP contribution >= 0.6 is 11.9 Å². The first-order valence-electron chi connectivity index (χ1n) is 13.2. The first kappa shape index (κ1) is 28.5. The van der Waals surface area contributed by atoms with E-state index in [1.807, 2.05) is 14.0 Å². The van der Waals surface area contributed by atoms with Crippen molar-refractivity contribution in [2.45, 2.75) is 70.2 Å². The number of hydrogen-bond acceptors (Lipinski definition) is 7. The Morgan fingerprint density at radius 1 is 1.25 bits per heavy atom. The molecule has 5 rings (SSSR count). The van der Waals surface area contributed by atoms with Gasteiger partial charge >= 0.3 is 6.18 Å². The first-order chi connectivity index (χ1) is 18.8. The van der Waals surface area contributed by atoms with E-state index in [0.717, 1.165) is 23.6 Å². The van der Waals surface area contributed by atoms with Crippen molar-refractivity contribution in [2.24, 2.45) is 18.4 Å². The van der Waals surface area contributed by atoms with Gasteiger partial charge in [0.1, 0.15) is 5.82 Å². The molecule has 216 valence electrons. The molecular weight excluding hydrogens is 543 g/mol. The predicted molar refractivity (Wildman–Crippen MR) is 145 cm³/mol. The molecule has 1 N–H and O–H groups in total. The van der Waals surface area contributed by atoms with Crippen LogP contribution < -0.4 is 9.62 Å². The molecule has 3 aromatic rings. The van der Waals surface area contributed by atoms with Crippen LogP contribution in [0.25, 0.3) is 5.82 Å². The van der Waals surface area contributed by atoms with Gasteiger partial charge in [-0.25, -0.2) is 9.67 Å². The molecule has 0 aromatic carbocycles. The third-order valence-electron chi connectivity index (χ3n) is 7.84. The van der Waals surface area contributed by atoms with Crippen molar-refractivity contribution in [3.05, 3.63) is 47.5 Å². The lowest BCUT2D eigenvalue weighted by molar-refractivity contribution is -0.202. The van der Waals surface area contributed by atoms with Crippen molar-refractivity contribution in [3.63, 3.8) is 0 Å². The van der Waals surface area contributed by atoms with Crippen LogP contribution in [0.3, 0.4) is 0 Å². The number of nitrogens with zero attached hydrogens (tertiary/aromatic N) is 6. The number of alkyl halides is 3. The molecule has 0 spiro atoms. The standard InChI is InChI=1S/C27H34F3N7O2S/c1-17-12-25(3,4)36(14-17)23-20(24(38)34-40-21-13-31-35(5)18(21)2)6-7-22(32-23)37-11-8-19(33-37)15-39-16-26(9-10-26)27(28,29)30/h6-8,11,13,17H,9-10,12,14-16H2,1-5H3,(H,34,38). The fourth-order valence-electron chi connectivity index (χ4n) is 5.22. The molecule has 0 radical (unpaired) electrons. The van der Waals surface area contributed by atoms with Gasteiger partial charge in [0.25, 0.3) is 5.91 Å². The van der Waals surface area contributed by atoms with E-state index in [9.17, 15) is 18.0 Å². The number of carbonyl (C=O) groups excluding carboxylic acids is 1. The van der Waals surface area contributed by atoms with Crippen molar-refractivity contribution in [1.29, 1.82) is 0 Å². The predicted octanol–water partition coefficient (Wildman–Crippen LogP) is 5.23. The fourth-order valence-corrected chi connectivity index (χ4v) is 5.91. The average Bonchev–Trinajstić information content (AvgIpc) is 3.30. The Kier molecular flexibility index (Phi) is 7.40. The number of hydrogen-bond donors (Lipinski definition) is 1. The van der Waals surface area contributed by atoms with Gasteiger partial charge in [-0.2, -0.15) is 23.4 Å². The highest BCUT2D eigenvalue weighted by molar-refractivity contribution is 7.98. The van der Waals surface area contributed by atoms with Crippen molar-refractivity contribution < 1.29 is 22.7 Å². The van der Waals surface area contributed by atoms with Crippen LogP contribution in [0.2, 0.25) is 0 Å². The minimum absolute atomic E-state index is 0.0279. The minimum Gasteiger partial charge on any atom is -0.374 e. The normalized spacial score (nSPS) is 19.7. The molecule has 1 saturated heterocycles. The lowest BCUT2D eigenvalue weighted by atomic mass is 9.97. The second-order valence-electron chi connectivity index (χ2n) is 11.5. The van der Waals surface area contributed by atoms with E-state index >= 15 is 0 Å².